The summed E-state index contributed by atoms with van der Waals surface area (Å²) in [5, 5.41) is 8.69. The Morgan fingerprint density at radius 2 is 2.33 bits per heavy atom. The smallest absolute Gasteiger partial charge is 0.303 e. The Morgan fingerprint density at radius 1 is 1.44 bits per heavy atom. The molecular weight excluding hydrogens is 228 g/mol. The minimum Gasteiger partial charge on any atom is -0.481 e. The van der Waals surface area contributed by atoms with Crippen molar-refractivity contribution in [2.45, 2.75) is 37.9 Å². The van der Waals surface area contributed by atoms with Crippen molar-refractivity contribution in [1.82, 2.24) is 0 Å². The number of carboxylic acid groups (broad SMARTS) is 1. The van der Waals surface area contributed by atoms with Crippen LogP contribution in [-0.4, -0.2) is 23.3 Å². The zero-order valence-electron chi connectivity index (χ0n) is 10.3. The number of ether oxygens (including phenoxy) is 1. The highest BCUT2D eigenvalue weighted by molar-refractivity contribution is 5.66. The van der Waals surface area contributed by atoms with Gasteiger partial charge in [0.25, 0.3) is 0 Å². The van der Waals surface area contributed by atoms with Crippen LogP contribution in [0.3, 0.4) is 0 Å². The van der Waals surface area contributed by atoms with Gasteiger partial charge < -0.3 is 9.84 Å². The molecule has 0 bridgehead atoms. The second kappa shape index (κ2) is 4.73. The van der Waals surface area contributed by atoms with Crippen LogP contribution < -0.4 is 0 Å². The van der Waals surface area contributed by atoms with Crippen molar-refractivity contribution in [1.29, 1.82) is 0 Å². The van der Waals surface area contributed by atoms with Gasteiger partial charge in [0, 0.05) is 18.3 Å². The molecule has 4 atom stereocenters. The third kappa shape index (κ3) is 2.03. The van der Waals surface area contributed by atoms with Gasteiger partial charge in [0.2, 0.25) is 0 Å². The highest BCUT2D eigenvalue weighted by Gasteiger charge is 2.45. The number of rotatable bonds is 4. The van der Waals surface area contributed by atoms with Gasteiger partial charge in [-0.3, -0.25) is 4.79 Å². The summed E-state index contributed by atoms with van der Waals surface area (Å²) in [5.41, 5.74) is 1.27. The van der Waals surface area contributed by atoms with Crippen molar-refractivity contribution in [3.8, 4) is 0 Å². The maximum absolute atomic E-state index is 10.6. The van der Waals surface area contributed by atoms with Crippen LogP contribution >= 0.6 is 0 Å². The van der Waals surface area contributed by atoms with Gasteiger partial charge in [-0.2, -0.15) is 0 Å². The fourth-order valence-electron chi connectivity index (χ4n) is 3.30. The van der Waals surface area contributed by atoms with E-state index >= 15 is 0 Å². The Hall–Kier alpha value is -1.35. The molecule has 1 aliphatic heterocycles. The van der Waals surface area contributed by atoms with Crippen LogP contribution in [0.4, 0.5) is 0 Å². The average molecular weight is 246 g/mol. The molecule has 0 amide bonds. The van der Waals surface area contributed by atoms with Crippen molar-refractivity contribution in [2.24, 2.45) is 11.8 Å². The molecule has 1 N–H and O–H groups in total. The highest BCUT2D eigenvalue weighted by Crippen LogP contribution is 2.45. The van der Waals surface area contributed by atoms with E-state index in [1.807, 2.05) is 0 Å². The third-order valence-electron chi connectivity index (χ3n) is 4.17. The topological polar surface area (TPSA) is 46.5 Å². The minimum atomic E-state index is -0.717. The van der Waals surface area contributed by atoms with Crippen molar-refractivity contribution in [2.75, 3.05) is 0 Å². The number of aliphatic carboxylic acids is 1. The molecule has 1 fully saturated rings. The lowest BCUT2D eigenvalue weighted by Crippen LogP contribution is -2.22. The van der Waals surface area contributed by atoms with E-state index in [-0.39, 0.29) is 18.6 Å². The van der Waals surface area contributed by atoms with Crippen LogP contribution in [0.5, 0.6) is 0 Å². The lowest BCUT2D eigenvalue weighted by molar-refractivity contribution is -0.137. The fraction of sp³-hybridized carbons (Fsp3) is 0.533. The van der Waals surface area contributed by atoms with Gasteiger partial charge >= 0.3 is 5.97 Å². The summed E-state index contributed by atoms with van der Waals surface area (Å²) in [6.45, 7) is 0. The number of fused-ring (bicyclic) bond motifs is 3. The van der Waals surface area contributed by atoms with E-state index in [0.29, 0.717) is 18.3 Å². The van der Waals surface area contributed by atoms with Gasteiger partial charge in [-0.1, -0.05) is 30.4 Å². The third-order valence-corrected chi connectivity index (χ3v) is 4.17. The molecular formula is C15H18O3. The van der Waals surface area contributed by atoms with Crippen LogP contribution in [0.25, 0.3) is 0 Å². The summed E-state index contributed by atoms with van der Waals surface area (Å²) in [4.78, 5) is 10.6. The summed E-state index contributed by atoms with van der Waals surface area (Å²) in [6.07, 6.45) is 14.2. The predicted molar refractivity (Wildman–Crippen MR) is 68.1 cm³/mol. The molecule has 2 aliphatic carbocycles. The van der Waals surface area contributed by atoms with Gasteiger partial charge in [0.1, 0.15) is 0 Å². The molecule has 0 spiro atoms. The van der Waals surface area contributed by atoms with E-state index in [1.165, 1.54) is 5.57 Å². The Morgan fingerprint density at radius 3 is 3.17 bits per heavy atom. The lowest BCUT2D eigenvalue weighted by atomic mass is 9.81. The van der Waals surface area contributed by atoms with E-state index < -0.39 is 5.97 Å². The van der Waals surface area contributed by atoms with Crippen LogP contribution in [0.15, 0.2) is 36.0 Å². The quantitative estimate of drug-likeness (QED) is 0.776. The first-order chi connectivity index (χ1) is 8.75. The summed E-state index contributed by atoms with van der Waals surface area (Å²) < 4.78 is 6.11. The molecule has 4 unspecified atom stereocenters. The zero-order valence-corrected chi connectivity index (χ0v) is 10.3. The predicted octanol–water partition coefficient (Wildman–Crippen LogP) is 2.70. The van der Waals surface area contributed by atoms with Gasteiger partial charge in [0.05, 0.1) is 12.2 Å². The first-order valence-electron chi connectivity index (χ1n) is 6.67. The van der Waals surface area contributed by atoms with Crippen LogP contribution in [0.1, 0.15) is 25.7 Å². The Labute approximate surface area is 107 Å². The zero-order chi connectivity index (χ0) is 12.5. The standard InChI is InChI=1S/C15H18O3/c16-14(17)9-2-5-10-4-1-7-12-11-6-3-8-13(11)18-15(10)12/h1,3-4,7-8,11-13,15H,2,5-6,9H2,(H,16,17). The summed E-state index contributed by atoms with van der Waals surface area (Å²) in [7, 11) is 0. The van der Waals surface area contributed by atoms with Crippen molar-refractivity contribution in [3.05, 3.63) is 36.0 Å². The van der Waals surface area contributed by atoms with Crippen molar-refractivity contribution >= 4 is 5.97 Å². The molecule has 3 nitrogen and oxygen atoms in total. The van der Waals surface area contributed by atoms with Gasteiger partial charge in [-0.05, 0) is 24.8 Å². The van der Waals surface area contributed by atoms with Crippen LogP contribution in [-0.2, 0) is 9.53 Å². The molecule has 0 aromatic heterocycles. The molecule has 3 rings (SSSR count). The monoisotopic (exact) mass is 246 g/mol. The number of allylic oxidation sites excluding steroid dienone is 3. The molecule has 96 valence electrons. The second-order valence-electron chi connectivity index (χ2n) is 5.30. The van der Waals surface area contributed by atoms with E-state index in [0.717, 1.165) is 12.8 Å². The maximum atomic E-state index is 10.6. The maximum Gasteiger partial charge on any atom is 0.303 e. The second-order valence-corrected chi connectivity index (χ2v) is 5.30. The average Bonchev–Trinajstić information content (AvgIpc) is 2.89. The molecule has 0 saturated carbocycles. The van der Waals surface area contributed by atoms with Gasteiger partial charge in [0.15, 0.2) is 0 Å². The van der Waals surface area contributed by atoms with E-state index in [1.54, 1.807) is 0 Å². The lowest BCUT2D eigenvalue weighted by Gasteiger charge is -2.24. The molecule has 1 heterocycles. The Balaban J connectivity index is 1.65. The molecule has 3 aliphatic rings. The first kappa shape index (κ1) is 11.7. The Bertz CT molecular complexity index is 433. The van der Waals surface area contributed by atoms with E-state index in [9.17, 15) is 4.79 Å². The van der Waals surface area contributed by atoms with Crippen molar-refractivity contribution < 1.29 is 14.6 Å². The minimum absolute atomic E-state index is 0.184. The van der Waals surface area contributed by atoms with E-state index in [4.69, 9.17) is 9.84 Å². The van der Waals surface area contributed by atoms with Crippen LogP contribution in [0, 0.1) is 11.8 Å². The SMILES string of the molecule is O=C(O)CCCC1=CC=CC2C1OC1C=CCC12. The molecule has 1 saturated heterocycles. The molecule has 0 aromatic rings. The largest absolute Gasteiger partial charge is 0.481 e. The fourth-order valence-corrected chi connectivity index (χ4v) is 3.30. The summed E-state index contributed by atoms with van der Waals surface area (Å²) >= 11 is 0. The number of carboxylic acids is 1. The Kier molecular flexibility index (Phi) is 3.08. The van der Waals surface area contributed by atoms with Crippen LogP contribution in [0.2, 0.25) is 0 Å². The van der Waals surface area contributed by atoms with Gasteiger partial charge in [-0.25, -0.2) is 0 Å². The normalized spacial score (nSPS) is 36.3. The molecule has 0 radical (unpaired) electrons. The van der Waals surface area contributed by atoms with E-state index in [2.05, 4.69) is 30.4 Å². The summed E-state index contributed by atoms with van der Waals surface area (Å²) in [5.74, 6) is 0.356. The highest BCUT2D eigenvalue weighted by atomic mass is 16.5. The molecule has 18 heavy (non-hydrogen) atoms. The summed E-state index contributed by atoms with van der Waals surface area (Å²) in [6, 6.07) is 0. The number of hydrogen-bond donors (Lipinski definition) is 1. The van der Waals surface area contributed by atoms with Gasteiger partial charge in [-0.15, -0.1) is 0 Å². The number of hydrogen-bond acceptors (Lipinski definition) is 2. The number of carbonyl (C=O) groups is 1. The molecule has 0 aromatic carbocycles. The molecule has 3 heteroatoms. The van der Waals surface area contributed by atoms with Crippen molar-refractivity contribution in [3.63, 3.8) is 0 Å². The first-order valence-corrected chi connectivity index (χ1v) is 6.67.